The molecule has 15 heavy (non-hydrogen) atoms. The predicted molar refractivity (Wildman–Crippen MR) is 63.2 cm³/mol. The Morgan fingerprint density at radius 3 is 2.60 bits per heavy atom. The molecule has 0 aliphatic heterocycles. The zero-order chi connectivity index (χ0) is 11.1. The molecule has 1 aromatic heterocycles. The minimum atomic E-state index is 0.0509. The first-order chi connectivity index (χ1) is 7.27. The molecule has 3 heteroatoms. The Morgan fingerprint density at radius 1 is 1.20 bits per heavy atom. The van der Waals surface area contributed by atoms with Crippen molar-refractivity contribution >= 4 is 0 Å². The van der Waals surface area contributed by atoms with Gasteiger partial charge in [0.25, 0.3) is 0 Å². The molecule has 0 unspecified atom stereocenters. The molecule has 0 aliphatic carbocycles. The van der Waals surface area contributed by atoms with Crippen LogP contribution in [0.2, 0.25) is 0 Å². The Labute approximate surface area is 91.5 Å². The quantitative estimate of drug-likeness (QED) is 0.690. The molecule has 0 radical (unpaired) electrons. The van der Waals surface area contributed by atoms with Crippen LogP contribution in [0, 0.1) is 0 Å². The molecule has 1 aromatic rings. The van der Waals surface area contributed by atoms with Gasteiger partial charge in [-0.25, -0.2) is 4.79 Å². The second-order valence-electron chi connectivity index (χ2n) is 4.09. The van der Waals surface area contributed by atoms with Crippen LogP contribution >= 0.6 is 0 Å². The Morgan fingerprint density at radius 2 is 1.93 bits per heavy atom. The summed E-state index contributed by atoms with van der Waals surface area (Å²) in [6.07, 6.45) is 8.82. The smallest absolute Gasteiger partial charge is 0.310 e. The van der Waals surface area contributed by atoms with E-state index in [2.05, 4.69) is 18.8 Å². The maximum atomic E-state index is 11.5. The number of hydrogen-bond donors (Lipinski definition) is 1. The fourth-order valence-corrected chi connectivity index (χ4v) is 1.68. The summed E-state index contributed by atoms with van der Waals surface area (Å²) in [7, 11) is 0. The van der Waals surface area contributed by atoms with Gasteiger partial charge in [-0.05, 0) is 19.3 Å². The van der Waals surface area contributed by atoms with Crippen LogP contribution in [0.4, 0.5) is 0 Å². The van der Waals surface area contributed by atoms with Crippen LogP contribution in [-0.2, 0) is 13.0 Å². The minimum Gasteiger partial charge on any atom is -0.310 e. The largest absolute Gasteiger partial charge is 0.325 e. The van der Waals surface area contributed by atoms with E-state index in [9.17, 15) is 4.79 Å². The second kappa shape index (κ2) is 6.49. The number of hydrogen-bond acceptors (Lipinski definition) is 1. The molecule has 0 fully saturated rings. The van der Waals surface area contributed by atoms with Crippen LogP contribution in [-0.4, -0.2) is 9.55 Å². The van der Waals surface area contributed by atoms with Crippen molar-refractivity contribution < 1.29 is 0 Å². The van der Waals surface area contributed by atoms with E-state index in [1.807, 2.05) is 6.20 Å². The lowest BCUT2D eigenvalue weighted by Crippen LogP contribution is -2.15. The summed E-state index contributed by atoms with van der Waals surface area (Å²) in [6, 6.07) is 0. The van der Waals surface area contributed by atoms with Gasteiger partial charge in [-0.1, -0.05) is 33.1 Å². The SMILES string of the molecule is CCCCCc1cn(CCCC)c(=O)[nH]1. The normalized spacial score (nSPS) is 10.8. The topological polar surface area (TPSA) is 37.8 Å². The average Bonchev–Trinajstić information content (AvgIpc) is 2.57. The second-order valence-corrected chi connectivity index (χ2v) is 4.09. The predicted octanol–water partition coefficient (Wildman–Crippen LogP) is 2.71. The van der Waals surface area contributed by atoms with Crippen LogP contribution in [0.1, 0.15) is 51.6 Å². The highest BCUT2D eigenvalue weighted by atomic mass is 16.1. The van der Waals surface area contributed by atoms with Gasteiger partial charge in [0, 0.05) is 18.4 Å². The Hall–Kier alpha value is -0.990. The Balaban J connectivity index is 2.48. The lowest BCUT2D eigenvalue weighted by molar-refractivity contribution is 0.614. The van der Waals surface area contributed by atoms with Crippen molar-refractivity contribution in [1.82, 2.24) is 9.55 Å². The van der Waals surface area contributed by atoms with Crippen LogP contribution < -0.4 is 5.69 Å². The van der Waals surface area contributed by atoms with E-state index < -0.39 is 0 Å². The summed E-state index contributed by atoms with van der Waals surface area (Å²) < 4.78 is 1.80. The molecule has 0 aromatic carbocycles. The summed E-state index contributed by atoms with van der Waals surface area (Å²) in [4.78, 5) is 14.4. The lowest BCUT2D eigenvalue weighted by Gasteiger charge is -1.97. The van der Waals surface area contributed by atoms with Gasteiger partial charge in [-0.2, -0.15) is 0 Å². The van der Waals surface area contributed by atoms with Gasteiger partial charge in [0.05, 0.1) is 0 Å². The maximum absolute atomic E-state index is 11.5. The first-order valence-electron chi connectivity index (χ1n) is 6.06. The van der Waals surface area contributed by atoms with E-state index >= 15 is 0 Å². The summed E-state index contributed by atoms with van der Waals surface area (Å²) >= 11 is 0. The number of nitrogens with one attached hydrogen (secondary N) is 1. The van der Waals surface area contributed by atoms with Gasteiger partial charge in [0.1, 0.15) is 0 Å². The van der Waals surface area contributed by atoms with Crippen molar-refractivity contribution in [2.24, 2.45) is 0 Å². The van der Waals surface area contributed by atoms with Gasteiger partial charge in [-0.3, -0.25) is 4.57 Å². The molecule has 0 spiro atoms. The zero-order valence-electron chi connectivity index (χ0n) is 9.88. The minimum absolute atomic E-state index is 0.0509. The molecule has 86 valence electrons. The number of unbranched alkanes of at least 4 members (excludes halogenated alkanes) is 3. The van der Waals surface area contributed by atoms with E-state index in [1.54, 1.807) is 4.57 Å². The molecule has 0 atom stereocenters. The van der Waals surface area contributed by atoms with Crippen LogP contribution in [0.25, 0.3) is 0 Å². The average molecular weight is 210 g/mol. The van der Waals surface area contributed by atoms with E-state index in [1.165, 1.54) is 19.3 Å². The molecule has 3 nitrogen and oxygen atoms in total. The number of H-pyrrole nitrogens is 1. The Bertz CT molecular complexity index is 325. The van der Waals surface area contributed by atoms with Gasteiger partial charge >= 0.3 is 5.69 Å². The lowest BCUT2D eigenvalue weighted by atomic mass is 10.2. The van der Waals surface area contributed by atoms with Crippen LogP contribution in [0.5, 0.6) is 0 Å². The van der Waals surface area contributed by atoms with Gasteiger partial charge < -0.3 is 4.98 Å². The number of imidazole rings is 1. The van der Waals surface area contributed by atoms with Crippen LogP contribution in [0.15, 0.2) is 11.0 Å². The third-order valence-electron chi connectivity index (χ3n) is 2.64. The fraction of sp³-hybridized carbons (Fsp3) is 0.750. The highest BCUT2D eigenvalue weighted by Crippen LogP contribution is 2.03. The molecule has 0 aliphatic rings. The molecule has 0 bridgehead atoms. The van der Waals surface area contributed by atoms with Gasteiger partial charge in [0.15, 0.2) is 0 Å². The molecule has 0 saturated carbocycles. The van der Waals surface area contributed by atoms with Gasteiger partial charge in [-0.15, -0.1) is 0 Å². The third-order valence-corrected chi connectivity index (χ3v) is 2.64. The number of rotatable bonds is 7. The fourth-order valence-electron chi connectivity index (χ4n) is 1.68. The third kappa shape index (κ3) is 3.94. The zero-order valence-corrected chi connectivity index (χ0v) is 9.88. The monoisotopic (exact) mass is 210 g/mol. The van der Waals surface area contributed by atoms with Gasteiger partial charge in [0.2, 0.25) is 0 Å². The number of aryl methyl sites for hydroxylation is 2. The molecular formula is C12H22N2O. The number of aromatic nitrogens is 2. The van der Waals surface area contributed by atoms with E-state index in [0.717, 1.165) is 31.5 Å². The van der Waals surface area contributed by atoms with E-state index in [0.29, 0.717) is 0 Å². The maximum Gasteiger partial charge on any atom is 0.325 e. The Kier molecular flexibility index (Phi) is 5.22. The van der Waals surface area contributed by atoms with Crippen molar-refractivity contribution in [3.8, 4) is 0 Å². The molecule has 1 heterocycles. The number of aromatic amines is 1. The van der Waals surface area contributed by atoms with Crippen molar-refractivity contribution in [3.63, 3.8) is 0 Å². The van der Waals surface area contributed by atoms with Crippen LogP contribution in [0.3, 0.4) is 0 Å². The number of nitrogens with zero attached hydrogens (tertiary/aromatic N) is 1. The van der Waals surface area contributed by atoms with Crippen molar-refractivity contribution in [3.05, 3.63) is 22.4 Å². The summed E-state index contributed by atoms with van der Waals surface area (Å²) in [5.41, 5.74) is 1.14. The van der Waals surface area contributed by atoms with Crippen molar-refractivity contribution in [2.75, 3.05) is 0 Å². The molecule has 1 rings (SSSR count). The molecule has 0 saturated heterocycles. The van der Waals surface area contributed by atoms with Crippen molar-refractivity contribution in [1.29, 1.82) is 0 Å². The molecular weight excluding hydrogens is 188 g/mol. The highest BCUT2D eigenvalue weighted by molar-refractivity contribution is 4.97. The summed E-state index contributed by atoms with van der Waals surface area (Å²) in [5, 5.41) is 0. The highest BCUT2D eigenvalue weighted by Gasteiger charge is 2.01. The standard InChI is InChI=1S/C12H22N2O/c1-3-5-7-8-11-10-14(9-6-4-2)12(15)13-11/h10H,3-9H2,1-2H3,(H,13,15). The first kappa shape index (κ1) is 12.1. The summed E-state index contributed by atoms with van der Waals surface area (Å²) in [6.45, 7) is 5.18. The molecule has 1 N–H and O–H groups in total. The first-order valence-corrected chi connectivity index (χ1v) is 6.06. The molecule has 0 amide bonds. The van der Waals surface area contributed by atoms with Crippen molar-refractivity contribution in [2.45, 2.75) is 58.9 Å². The van der Waals surface area contributed by atoms with E-state index in [-0.39, 0.29) is 5.69 Å². The summed E-state index contributed by atoms with van der Waals surface area (Å²) in [5.74, 6) is 0. The van der Waals surface area contributed by atoms with E-state index in [4.69, 9.17) is 0 Å².